The van der Waals surface area contributed by atoms with Gasteiger partial charge in [0, 0.05) is 48.7 Å². The number of piperazine rings is 1. The highest BCUT2D eigenvalue weighted by molar-refractivity contribution is 9.10. The van der Waals surface area contributed by atoms with E-state index in [1.807, 2.05) is 0 Å². The Balaban J connectivity index is 2.30. The Bertz CT molecular complexity index is 491. The van der Waals surface area contributed by atoms with E-state index in [2.05, 4.69) is 21.2 Å². The van der Waals surface area contributed by atoms with Crippen LogP contribution in [0, 0.1) is 11.6 Å². The second-order valence-electron chi connectivity index (χ2n) is 5.24. The Morgan fingerprint density at radius 2 is 1.68 bits per heavy atom. The summed E-state index contributed by atoms with van der Waals surface area (Å²) < 4.78 is 66.1. The van der Waals surface area contributed by atoms with Crippen molar-refractivity contribution in [1.82, 2.24) is 10.2 Å². The first-order valence-corrected chi connectivity index (χ1v) is 7.73. The van der Waals surface area contributed by atoms with Crippen molar-refractivity contribution in [3.63, 3.8) is 0 Å². The number of benzene rings is 1. The van der Waals surface area contributed by atoms with Gasteiger partial charge in [-0.1, -0.05) is 15.9 Å². The molecule has 0 aliphatic carbocycles. The predicted molar refractivity (Wildman–Crippen MR) is 76.5 cm³/mol. The van der Waals surface area contributed by atoms with Gasteiger partial charge in [-0.15, -0.1) is 0 Å². The maximum Gasteiger partial charge on any atom is 0.389 e. The quantitative estimate of drug-likeness (QED) is 0.786. The number of nitrogens with zero attached hydrogens (tertiary/aromatic N) is 1. The minimum Gasteiger partial charge on any atom is -0.314 e. The summed E-state index contributed by atoms with van der Waals surface area (Å²) in [6.07, 6.45) is -5.79. The molecule has 0 spiro atoms. The molecule has 0 saturated carbocycles. The molecule has 1 aliphatic rings. The molecule has 1 heterocycles. The Labute approximate surface area is 133 Å². The molecule has 1 aliphatic heterocycles. The highest BCUT2D eigenvalue weighted by Gasteiger charge is 2.33. The van der Waals surface area contributed by atoms with Crippen LogP contribution < -0.4 is 5.32 Å². The van der Waals surface area contributed by atoms with Gasteiger partial charge in [-0.2, -0.15) is 13.2 Å². The van der Waals surface area contributed by atoms with Crippen LogP contribution in [-0.2, 0) is 0 Å². The summed E-state index contributed by atoms with van der Waals surface area (Å²) in [5.41, 5.74) is -0.283. The lowest BCUT2D eigenvalue weighted by atomic mass is 9.98. The Morgan fingerprint density at radius 3 is 2.18 bits per heavy atom. The first kappa shape index (κ1) is 17.6. The van der Waals surface area contributed by atoms with E-state index in [1.165, 1.54) is 0 Å². The summed E-state index contributed by atoms with van der Waals surface area (Å²) in [7, 11) is 0. The third-order valence-corrected chi connectivity index (χ3v) is 4.13. The van der Waals surface area contributed by atoms with Crippen LogP contribution in [0.2, 0.25) is 0 Å². The predicted octanol–water partition coefficient (Wildman–Crippen LogP) is 4.02. The Hall–Kier alpha value is -0.730. The van der Waals surface area contributed by atoms with Crippen LogP contribution in [0.1, 0.15) is 24.4 Å². The molecule has 1 aromatic rings. The largest absolute Gasteiger partial charge is 0.389 e. The Kier molecular flexibility index (Phi) is 5.79. The lowest BCUT2D eigenvalue weighted by Crippen LogP contribution is -2.45. The van der Waals surface area contributed by atoms with Gasteiger partial charge in [-0.05, 0) is 18.6 Å². The van der Waals surface area contributed by atoms with E-state index in [4.69, 9.17) is 0 Å². The normalized spacial score (nSPS) is 18.5. The maximum atomic E-state index is 14.1. The van der Waals surface area contributed by atoms with Crippen LogP contribution in [0.3, 0.4) is 0 Å². The number of nitrogens with one attached hydrogen (secondary N) is 1. The van der Waals surface area contributed by atoms with Crippen molar-refractivity contribution in [2.75, 3.05) is 26.2 Å². The summed E-state index contributed by atoms with van der Waals surface area (Å²) in [5, 5.41) is 3.07. The summed E-state index contributed by atoms with van der Waals surface area (Å²) >= 11 is 2.98. The van der Waals surface area contributed by atoms with E-state index in [0.717, 1.165) is 12.1 Å². The molecule has 1 aromatic carbocycles. The summed E-state index contributed by atoms with van der Waals surface area (Å²) in [4.78, 5) is 1.71. The third-order valence-electron chi connectivity index (χ3n) is 3.67. The van der Waals surface area contributed by atoms with Gasteiger partial charge in [0.05, 0.1) is 0 Å². The molecular formula is C14H16BrF5N2. The standard InChI is InChI=1S/C14H16BrF5N2/c15-9-7-10(16)13(11(17)8-9)12(1-2-14(18,19)20)22-5-3-21-4-6-22/h7-8,12,21H,1-6H2/t12-/m1/s1. The van der Waals surface area contributed by atoms with Crippen LogP contribution in [0.5, 0.6) is 0 Å². The van der Waals surface area contributed by atoms with Crippen molar-refractivity contribution >= 4 is 15.9 Å². The van der Waals surface area contributed by atoms with E-state index in [-0.39, 0.29) is 16.5 Å². The number of alkyl halides is 3. The van der Waals surface area contributed by atoms with Gasteiger partial charge in [-0.25, -0.2) is 8.78 Å². The first-order valence-electron chi connectivity index (χ1n) is 6.94. The molecule has 1 atom stereocenters. The molecule has 2 nitrogen and oxygen atoms in total. The lowest BCUT2D eigenvalue weighted by molar-refractivity contribution is -0.138. The van der Waals surface area contributed by atoms with E-state index >= 15 is 0 Å². The van der Waals surface area contributed by atoms with E-state index < -0.39 is 30.3 Å². The van der Waals surface area contributed by atoms with E-state index in [9.17, 15) is 22.0 Å². The molecule has 0 aromatic heterocycles. The van der Waals surface area contributed by atoms with Gasteiger partial charge in [0.2, 0.25) is 0 Å². The van der Waals surface area contributed by atoms with Gasteiger partial charge < -0.3 is 5.32 Å². The van der Waals surface area contributed by atoms with Gasteiger partial charge in [0.25, 0.3) is 0 Å². The molecule has 0 amide bonds. The molecule has 22 heavy (non-hydrogen) atoms. The second kappa shape index (κ2) is 7.23. The molecule has 0 radical (unpaired) electrons. The van der Waals surface area contributed by atoms with Crippen molar-refractivity contribution in [2.45, 2.75) is 25.1 Å². The van der Waals surface area contributed by atoms with Crippen LogP contribution in [0.4, 0.5) is 22.0 Å². The number of hydrogen-bond acceptors (Lipinski definition) is 2. The summed E-state index contributed by atoms with van der Waals surface area (Å²) in [6.45, 7) is 2.08. The van der Waals surface area contributed by atoms with Gasteiger partial charge in [-0.3, -0.25) is 4.90 Å². The molecule has 124 valence electrons. The SMILES string of the molecule is Fc1cc(Br)cc(F)c1[C@@H](CCC(F)(F)F)N1CCNCC1. The molecule has 1 saturated heterocycles. The number of hydrogen-bond donors (Lipinski definition) is 1. The van der Waals surface area contributed by atoms with Crippen LogP contribution in [0.25, 0.3) is 0 Å². The molecule has 1 N–H and O–H groups in total. The van der Waals surface area contributed by atoms with Crippen LogP contribution in [-0.4, -0.2) is 37.3 Å². The third kappa shape index (κ3) is 4.63. The topological polar surface area (TPSA) is 15.3 Å². The number of halogens is 6. The zero-order chi connectivity index (χ0) is 16.3. The van der Waals surface area contributed by atoms with E-state index in [0.29, 0.717) is 26.2 Å². The molecule has 8 heteroatoms. The average molecular weight is 387 g/mol. The highest BCUT2D eigenvalue weighted by Crippen LogP contribution is 2.35. The monoisotopic (exact) mass is 386 g/mol. The zero-order valence-electron chi connectivity index (χ0n) is 11.7. The van der Waals surface area contributed by atoms with E-state index in [1.54, 1.807) is 4.90 Å². The van der Waals surface area contributed by atoms with Crippen molar-refractivity contribution in [3.05, 3.63) is 33.8 Å². The van der Waals surface area contributed by atoms with Crippen LogP contribution >= 0.6 is 15.9 Å². The summed E-state index contributed by atoms with van der Waals surface area (Å²) in [5.74, 6) is -1.64. The molecule has 0 unspecified atom stereocenters. The van der Waals surface area contributed by atoms with Crippen molar-refractivity contribution < 1.29 is 22.0 Å². The van der Waals surface area contributed by atoms with Crippen molar-refractivity contribution in [2.24, 2.45) is 0 Å². The molecular weight excluding hydrogens is 371 g/mol. The van der Waals surface area contributed by atoms with Gasteiger partial charge >= 0.3 is 6.18 Å². The highest BCUT2D eigenvalue weighted by atomic mass is 79.9. The summed E-state index contributed by atoms with van der Waals surface area (Å²) in [6, 6.07) is 1.25. The first-order chi connectivity index (χ1) is 10.3. The Morgan fingerprint density at radius 1 is 1.14 bits per heavy atom. The molecule has 0 bridgehead atoms. The van der Waals surface area contributed by atoms with Gasteiger partial charge in [0.1, 0.15) is 11.6 Å². The lowest BCUT2D eigenvalue weighted by Gasteiger charge is -2.35. The van der Waals surface area contributed by atoms with Gasteiger partial charge in [0.15, 0.2) is 0 Å². The number of rotatable bonds is 4. The van der Waals surface area contributed by atoms with Crippen LogP contribution in [0.15, 0.2) is 16.6 Å². The minimum absolute atomic E-state index is 0.223. The molecule has 2 rings (SSSR count). The smallest absolute Gasteiger partial charge is 0.314 e. The molecule has 1 fully saturated rings. The fourth-order valence-electron chi connectivity index (χ4n) is 2.68. The van der Waals surface area contributed by atoms with Crippen molar-refractivity contribution in [1.29, 1.82) is 0 Å². The fourth-order valence-corrected chi connectivity index (χ4v) is 3.08. The zero-order valence-corrected chi connectivity index (χ0v) is 13.3. The minimum atomic E-state index is -4.35. The van der Waals surface area contributed by atoms with Crippen molar-refractivity contribution in [3.8, 4) is 0 Å². The maximum absolute atomic E-state index is 14.1. The fraction of sp³-hybridized carbons (Fsp3) is 0.571. The second-order valence-corrected chi connectivity index (χ2v) is 6.15. The average Bonchev–Trinajstić information content (AvgIpc) is 2.41.